The number of carbonyl (C=O) groups is 2. The lowest BCUT2D eigenvalue weighted by molar-refractivity contribution is -0.131. The van der Waals surface area contributed by atoms with Crippen LogP contribution in [-0.2, 0) is 9.59 Å². The zero-order valence-electron chi connectivity index (χ0n) is 9.15. The van der Waals surface area contributed by atoms with Crippen molar-refractivity contribution in [1.82, 2.24) is 9.88 Å². The highest BCUT2D eigenvalue weighted by atomic mass is 35.5. The number of halogens is 1. The van der Waals surface area contributed by atoms with Crippen molar-refractivity contribution in [3.05, 3.63) is 23.4 Å². The molecule has 1 aliphatic rings. The minimum atomic E-state index is -0.255. The summed E-state index contributed by atoms with van der Waals surface area (Å²) in [4.78, 5) is 28.5. The summed E-state index contributed by atoms with van der Waals surface area (Å²) < 4.78 is 0. The van der Waals surface area contributed by atoms with E-state index in [1.165, 1.54) is 6.20 Å². The third-order valence-electron chi connectivity index (χ3n) is 2.50. The molecule has 5 nitrogen and oxygen atoms in total. The highest BCUT2D eigenvalue weighted by molar-refractivity contribution is 6.30. The lowest BCUT2D eigenvalue weighted by Crippen LogP contribution is -2.34. The quantitative estimate of drug-likeness (QED) is 0.883. The molecule has 1 N–H and O–H groups in total. The van der Waals surface area contributed by atoms with Crippen LogP contribution < -0.4 is 5.32 Å². The van der Waals surface area contributed by atoms with Gasteiger partial charge in [0.15, 0.2) is 0 Å². The van der Waals surface area contributed by atoms with Gasteiger partial charge in [0.1, 0.15) is 5.82 Å². The lowest BCUT2D eigenvalue weighted by atomic mass is 10.4. The van der Waals surface area contributed by atoms with Crippen LogP contribution in [-0.4, -0.2) is 34.8 Å². The second kappa shape index (κ2) is 5.14. The number of likely N-dealkylation sites (tertiary alicyclic amines) is 1. The van der Waals surface area contributed by atoms with Gasteiger partial charge in [0.05, 0.1) is 6.54 Å². The van der Waals surface area contributed by atoms with Crippen molar-refractivity contribution in [2.45, 2.75) is 12.8 Å². The Morgan fingerprint density at radius 1 is 1.59 bits per heavy atom. The summed E-state index contributed by atoms with van der Waals surface area (Å²) in [6.45, 7) is 0.724. The summed E-state index contributed by atoms with van der Waals surface area (Å²) >= 11 is 5.77. The molecule has 6 heteroatoms. The number of nitrogens with zero attached hydrogens (tertiary/aromatic N) is 2. The number of rotatable bonds is 3. The molecule has 0 unspecified atom stereocenters. The number of amides is 2. The Morgan fingerprint density at radius 3 is 3.06 bits per heavy atom. The van der Waals surface area contributed by atoms with Crippen LogP contribution in [0.3, 0.4) is 0 Å². The van der Waals surface area contributed by atoms with E-state index in [9.17, 15) is 9.59 Å². The number of aromatic nitrogens is 1. The van der Waals surface area contributed by atoms with Gasteiger partial charge in [0.2, 0.25) is 11.8 Å². The largest absolute Gasteiger partial charge is 0.333 e. The molecule has 1 saturated heterocycles. The summed E-state index contributed by atoms with van der Waals surface area (Å²) in [7, 11) is 0. The van der Waals surface area contributed by atoms with Gasteiger partial charge < -0.3 is 10.2 Å². The van der Waals surface area contributed by atoms with Crippen molar-refractivity contribution < 1.29 is 9.59 Å². The Hall–Kier alpha value is -1.62. The third kappa shape index (κ3) is 3.17. The van der Waals surface area contributed by atoms with Gasteiger partial charge in [-0.3, -0.25) is 9.59 Å². The SMILES string of the molecule is O=C(CN1CCCC1=O)Nc1cc(Cl)ccn1. The standard InChI is InChI=1S/C11H12ClN3O2/c12-8-3-4-13-9(6-8)14-10(16)7-15-5-1-2-11(15)17/h3-4,6H,1-2,5,7H2,(H,13,14,16). The second-order valence-corrected chi connectivity index (χ2v) is 4.26. The molecule has 0 aromatic carbocycles. The van der Waals surface area contributed by atoms with Gasteiger partial charge in [-0.25, -0.2) is 4.98 Å². The first kappa shape index (κ1) is 11.9. The molecule has 0 aliphatic carbocycles. The second-order valence-electron chi connectivity index (χ2n) is 3.83. The Labute approximate surface area is 104 Å². The van der Waals surface area contributed by atoms with Crippen LogP contribution in [0.25, 0.3) is 0 Å². The molecule has 2 rings (SSSR count). The molecular formula is C11H12ClN3O2. The van der Waals surface area contributed by atoms with E-state index < -0.39 is 0 Å². The Kier molecular flexibility index (Phi) is 3.58. The number of nitrogens with one attached hydrogen (secondary N) is 1. The molecule has 2 heterocycles. The van der Waals surface area contributed by atoms with Crippen molar-refractivity contribution in [3.63, 3.8) is 0 Å². The molecule has 0 radical (unpaired) electrons. The van der Waals surface area contributed by atoms with Gasteiger partial charge in [-0.2, -0.15) is 0 Å². The molecule has 0 atom stereocenters. The molecule has 1 fully saturated rings. The minimum absolute atomic E-state index is 0.0270. The normalized spacial score (nSPS) is 15.1. The number of carbonyl (C=O) groups excluding carboxylic acids is 2. The van der Waals surface area contributed by atoms with Gasteiger partial charge in [-0.05, 0) is 18.6 Å². The maximum Gasteiger partial charge on any atom is 0.245 e. The Bertz CT molecular complexity index is 450. The molecule has 1 aromatic rings. The summed E-state index contributed by atoms with van der Waals surface area (Å²) in [5.41, 5.74) is 0. The van der Waals surface area contributed by atoms with E-state index in [1.54, 1.807) is 17.0 Å². The van der Waals surface area contributed by atoms with E-state index in [1.807, 2.05) is 0 Å². The maximum absolute atomic E-state index is 11.6. The van der Waals surface area contributed by atoms with Gasteiger partial charge >= 0.3 is 0 Å². The monoisotopic (exact) mass is 253 g/mol. The van der Waals surface area contributed by atoms with E-state index in [0.717, 1.165) is 6.42 Å². The van der Waals surface area contributed by atoms with Crippen molar-refractivity contribution in [1.29, 1.82) is 0 Å². The number of pyridine rings is 1. The predicted molar refractivity (Wildman–Crippen MR) is 63.7 cm³/mol. The fourth-order valence-electron chi connectivity index (χ4n) is 1.70. The Balaban J connectivity index is 1.91. The molecule has 17 heavy (non-hydrogen) atoms. The number of hydrogen-bond acceptors (Lipinski definition) is 3. The molecule has 0 saturated carbocycles. The average molecular weight is 254 g/mol. The average Bonchev–Trinajstić information content (AvgIpc) is 2.64. The van der Waals surface area contributed by atoms with Gasteiger partial charge in [0.25, 0.3) is 0 Å². The zero-order valence-corrected chi connectivity index (χ0v) is 9.91. The van der Waals surface area contributed by atoms with Crippen LogP contribution in [0.1, 0.15) is 12.8 Å². The molecule has 0 bridgehead atoms. The van der Waals surface area contributed by atoms with E-state index in [2.05, 4.69) is 10.3 Å². The summed E-state index contributed by atoms with van der Waals surface area (Å²) in [6, 6.07) is 3.19. The van der Waals surface area contributed by atoms with Crippen LogP contribution in [0, 0.1) is 0 Å². The minimum Gasteiger partial charge on any atom is -0.333 e. The maximum atomic E-state index is 11.6. The first-order valence-electron chi connectivity index (χ1n) is 5.34. The smallest absolute Gasteiger partial charge is 0.245 e. The van der Waals surface area contributed by atoms with E-state index in [4.69, 9.17) is 11.6 Å². The molecule has 1 aliphatic heterocycles. The van der Waals surface area contributed by atoms with Crippen LogP contribution >= 0.6 is 11.6 Å². The van der Waals surface area contributed by atoms with Crippen LogP contribution in [0.4, 0.5) is 5.82 Å². The first-order chi connectivity index (χ1) is 8.15. The number of anilines is 1. The van der Waals surface area contributed by atoms with E-state index in [0.29, 0.717) is 23.8 Å². The molecular weight excluding hydrogens is 242 g/mol. The van der Waals surface area contributed by atoms with E-state index in [-0.39, 0.29) is 18.4 Å². The predicted octanol–water partition coefficient (Wildman–Crippen LogP) is 1.30. The van der Waals surface area contributed by atoms with Crippen LogP contribution in [0.2, 0.25) is 5.02 Å². The van der Waals surface area contributed by atoms with Crippen molar-refractivity contribution in [2.75, 3.05) is 18.4 Å². The first-order valence-corrected chi connectivity index (χ1v) is 5.72. The third-order valence-corrected chi connectivity index (χ3v) is 2.73. The molecule has 1 aromatic heterocycles. The highest BCUT2D eigenvalue weighted by Gasteiger charge is 2.22. The fraction of sp³-hybridized carbons (Fsp3) is 0.364. The van der Waals surface area contributed by atoms with Crippen molar-refractivity contribution in [3.8, 4) is 0 Å². The van der Waals surface area contributed by atoms with Crippen molar-refractivity contribution >= 4 is 29.2 Å². The summed E-state index contributed by atoms with van der Waals surface area (Å²) in [5, 5.41) is 3.11. The van der Waals surface area contributed by atoms with Gasteiger partial charge in [-0.1, -0.05) is 11.6 Å². The molecule has 2 amide bonds. The summed E-state index contributed by atoms with van der Waals surface area (Å²) in [6.07, 6.45) is 2.86. The lowest BCUT2D eigenvalue weighted by Gasteiger charge is -2.14. The van der Waals surface area contributed by atoms with Gasteiger partial charge in [-0.15, -0.1) is 0 Å². The van der Waals surface area contributed by atoms with Crippen LogP contribution in [0.15, 0.2) is 18.3 Å². The van der Waals surface area contributed by atoms with Crippen LogP contribution in [0.5, 0.6) is 0 Å². The Morgan fingerprint density at radius 2 is 2.41 bits per heavy atom. The fourth-order valence-corrected chi connectivity index (χ4v) is 1.86. The highest BCUT2D eigenvalue weighted by Crippen LogP contribution is 2.12. The topological polar surface area (TPSA) is 62.3 Å². The molecule has 0 spiro atoms. The van der Waals surface area contributed by atoms with Crippen molar-refractivity contribution in [2.24, 2.45) is 0 Å². The zero-order chi connectivity index (χ0) is 12.3. The summed E-state index contributed by atoms with van der Waals surface area (Å²) in [5.74, 6) is 0.170. The number of hydrogen-bond donors (Lipinski definition) is 1. The molecule has 90 valence electrons. The van der Waals surface area contributed by atoms with E-state index >= 15 is 0 Å². The van der Waals surface area contributed by atoms with Gasteiger partial charge in [0, 0.05) is 24.2 Å².